The largest absolute Gasteiger partial charge is 0.381 e. The van der Waals surface area contributed by atoms with Crippen molar-refractivity contribution in [2.45, 2.75) is 44.9 Å². The summed E-state index contributed by atoms with van der Waals surface area (Å²) in [5.41, 5.74) is 3.50. The number of anilines is 1. The highest BCUT2D eigenvalue weighted by atomic mass is 32.1. The maximum Gasteiger partial charge on any atom is 0.251 e. The maximum absolute atomic E-state index is 12.6. The number of benzene rings is 1. The van der Waals surface area contributed by atoms with Crippen LogP contribution in [0.15, 0.2) is 18.2 Å². The van der Waals surface area contributed by atoms with E-state index in [1.807, 2.05) is 6.07 Å². The predicted molar refractivity (Wildman–Crippen MR) is 128 cm³/mol. The molecule has 1 aromatic carbocycles. The Morgan fingerprint density at radius 1 is 1.17 bits per heavy atom. The molecule has 2 fully saturated rings. The Balaban J connectivity index is 0.00000124. The highest BCUT2D eigenvalue weighted by molar-refractivity contribution is 7.79. The minimum atomic E-state index is 0.0839. The molecule has 0 saturated carbocycles. The first-order valence-electron chi connectivity index (χ1n) is 11.7. The Hall–Kier alpha value is -1.24. The van der Waals surface area contributed by atoms with Crippen molar-refractivity contribution in [2.75, 3.05) is 57.1 Å². The number of hydrogen-bond acceptors (Lipinski definition) is 5. The van der Waals surface area contributed by atoms with Gasteiger partial charge in [0.05, 0.1) is 0 Å². The summed E-state index contributed by atoms with van der Waals surface area (Å²) < 4.78 is 5.49. The van der Waals surface area contributed by atoms with Gasteiger partial charge in [0.25, 0.3) is 5.91 Å². The number of thiol groups is 1. The lowest BCUT2D eigenvalue weighted by Crippen LogP contribution is -2.36. The zero-order valence-corrected chi connectivity index (χ0v) is 19.4. The second kappa shape index (κ2) is 12.6. The minimum Gasteiger partial charge on any atom is -0.381 e. The van der Waals surface area contributed by atoms with Gasteiger partial charge in [-0.1, -0.05) is 0 Å². The first-order chi connectivity index (χ1) is 14.8. The zero-order chi connectivity index (χ0) is 21.2. The molecule has 2 saturated heterocycles. The van der Waals surface area contributed by atoms with Crippen molar-refractivity contribution in [3.63, 3.8) is 0 Å². The van der Waals surface area contributed by atoms with E-state index in [0.29, 0.717) is 5.92 Å². The second-order valence-electron chi connectivity index (χ2n) is 8.68. The summed E-state index contributed by atoms with van der Waals surface area (Å²) in [7, 11) is 0. The van der Waals surface area contributed by atoms with Gasteiger partial charge in [-0.05, 0) is 99.9 Å². The van der Waals surface area contributed by atoms with Crippen molar-refractivity contribution in [3.05, 3.63) is 29.3 Å². The molecule has 0 spiro atoms. The molecule has 30 heavy (non-hydrogen) atoms. The van der Waals surface area contributed by atoms with E-state index in [-0.39, 0.29) is 5.91 Å². The van der Waals surface area contributed by atoms with E-state index >= 15 is 0 Å². The number of amides is 1. The van der Waals surface area contributed by atoms with Crippen LogP contribution in [0.4, 0.5) is 5.69 Å². The topological polar surface area (TPSA) is 53.6 Å². The van der Waals surface area contributed by atoms with Crippen LogP contribution in [0, 0.1) is 11.8 Å². The summed E-state index contributed by atoms with van der Waals surface area (Å²) in [4.78, 5) is 15.2. The second-order valence-corrected chi connectivity index (χ2v) is 8.68. The van der Waals surface area contributed by atoms with Crippen LogP contribution in [0.25, 0.3) is 0 Å². The standard InChI is InChI=1S/C23H35N3O2.CH4S/c27-23(25-17-19-5-10-24-11-6-19)21-3-4-22-20(16-21)2-1-12-26(22)13-7-18-8-14-28-15-9-18;1-2/h3-4,16,18-19,24H,1-2,5-15,17H2,(H,25,27);2H,1H3. The molecule has 6 heteroatoms. The van der Waals surface area contributed by atoms with E-state index < -0.39 is 0 Å². The Kier molecular flexibility index (Phi) is 9.82. The van der Waals surface area contributed by atoms with Crippen LogP contribution in [0.3, 0.4) is 0 Å². The molecule has 0 aliphatic carbocycles. The number of hydrogen-bond donors (Lipinski definition) is 3. The molecule has 0 aromatic heterocycles. The van der Waals surface area contributed by atoms with Gasteiger partial charge >= 0.3 is 0 Å². The van der Waals surface area contributed by atoms with Gasteiger partial charge in [0.2, 0.25) is 0 Å². The molecule has 1 aromatic rings. The van der Waals surface area contributed by atoms with Gasteiger partial charge in [-0.3, -0.25) is 4.79 Å². The Morgan fingerprint density at radius 2 is 1.93 bits per heavy atom. The van der Waals surface area contributed by atoms with E-state index in [4.69, 9.17) is 4.74 Å². The lowest BCUT2D eigenvalue weighted by molar-refractivity contribution is 0.0644. The molecular weight excluding hydrogens is 394 g/mol. The molecule has 5 nitrogen and oxygen atoms in total. The van der Waals surface area contributed by atoms with Crippen LogP contribution < -0.4 is 15.5 Å². The van der Waals surface area contributed by atoms with Crippen molar-refractivity contribution in [1.82, 2.24) is 10.6 Å². The number of rotatable bonds is 6. The van der Waals surface area contributed by atoms with E-state index in [1.165, 1.54) is 36.9 Å². The summed E-state index contributed by atoms with van der Waals surface area (Å²) in [5, 5.41) is 6.54. The van der Waals surface area contributed by atoms with Crippen molar-refractivity contribution < 1.29 is 9.53 Å². The number of ether oxygens (including phenoxy) is 1. The van der Waals surface area contributed by atoms with Crippen molar-refractivity contribution in [2.24, 2.45) is 11.8 Å². The van der Waals surface area contributed by atoms with Gasteiger partial charge in [-0.25, -0.2) is 0 Å². The third kappa shape index (κ3) is 6.63. The molecule has 0 atom stereocenters. The molecule has 3 aliphatic heterocycles. The molecule has 3 aliphatic rings. The van der Waals surface area contributed by atoms with Crippen LogP contribution in [0.2, 0.25) is 0 Å². The zero-order valence-electron chi connectivity index (χ0n) is 18.5. The highest BCUT2D eigenvalue weighted by Crippen LogP contribution is 2.29. The molecule has 4 rings (SSSR count). The summed E-state index contributed by atoms with van der Waals surface area (Å²) >= 11 is 3.53. The van der Waals surface area contributed by atoms with E-state index in [2.05, 4.69) is 40.3 Å². The molecule has 0 radical (unpaired) electrons. The van der Waals surface area contributed by atoms with Crippen molar-refractivity contribution in [3.8, 4) is 0 Å². The fourth-order valence-corrected chi connectivity index (χ4v) is 4.85. The van der Waals surface area contributed by atoms with Crippen LogP contribution in [-0.4, -0.2) is 58.1 Å². The Morgan fingerprint density at radius 3 is 2.70 bits per heavy atom. The molecule has 3 heterocycles. The average Bonchev–Trinajstić information content (AvgIpc) is 2.83. The van der Waals surface area contributed by atoms with Gasteiger partial charge in [0.1, 0.15) is 0 Å². The summed E-state index contributed by atoms with van der Waals surface area (Å²) in [6, 6.07) is 6.33. The quantitative estimate of drug-likeness (QED) is 0.601. The van der Waals surface area contributed by atoms with Crippen molar-refractivity contribution >= 4 is 24.2 Å². The average molecular weight is 434 g/mol. The van der Waals surface area contributed by atoms with Crippen LogP contribution in [0.1, 0.15) is 54.4 Å². The van der Waals surface area contributed by atoms with Crippen molar-refractivity contribution in [1.29, 1.82) is 0 Å². The van der Waals surface area contributed by atoms with Gasteiger partial charge in [0, 0.05) is 44.1 Å². The lowest BCUT2D eigenvalue weighted by atomic mass is 9.94. The number of piperidine rings is 1. The summed E-state index contributed by atoms with van der Waals surface area (Å²) in [6.07, 6.45) is 9.94. The normalized spacial score (nSPS) is 20.1. The lowest BCUT2D eigenvalue weighted by Gasteiger charge is -2.33. The van der Waals surface area contributed by atoms with E-state index in [9.17, 15) is 4.79 Å². The van der Waals surface area contributed by atoms with Gasteiger partial charge in [-0.2, -0.15) is 12.6 Å². The molecule has 0 unspecified atom stereocenters. The minimum absolute atomic E-state index is 0.0839. The summed E-state index contributed by atoms with van der Waals surface area (Å²) in [6.45, 7) is 7.06. The highest BCUT2D eigenvalue weighted by Gasteiger charge is 2.21. The fourth-order valence-electron chi connectivity index (χ4n) is 4.85. The monoisotopic (exact) mass is 433 g/mol. The third-order valence-corrected chi connectivity index (χ3v) is 6.71. The number of carbonyl (C=O) groups is 1. The number of carbonyl (C=O) groups excluding carboxylic acids is 1. The fraction of sp³-hybridized carbons (Fsp3) is 0.708. The number of nitrogens with one attached hydrogen (secondary N) is 2. The van der Waals surface area contributed by atoms with Gasteiger partial charge < -0.3 is 20.3 Å². The smallest absolute Gasteiger partial charge is 0.251 e. The molecular formula is C24H39N3O2S. The van der Waals surface area contributed by atoms with Crippen LogP contribution >= 0.6 is 12.6 Å². The van der Waals surface area contributed by atoms with Crippen LogP contribution in [0.5, 0.6) is 0 Å². The van der Waals surface area contributed by atoms with Crippen LogP contribution in [-0.2, 0) is 11.2 Å². The van der Waals surface area contributed by atoms with Gasteiger partial charge in [0.15, 0.2) is 0 Å². The number of fused-ring (bicyclic) bond motifs is 1. The SMILES string of the molecule is CS.O=C(NCC1CCNCC1)c1ccc2c(c1)CCCN2CCC1CCOCC1. The third-order valence-electron chi connectivity index (χ3n) is 6.71. The first-order valence-corrected chi connectivity index (χ1v) is 12.6. The van der Waals surface area contributed by atoms with Gasteiger partial charge in [-0.15, -0.1) is 0 Å². The molecule has 0 bridgehead atoms. The molecule has 1 amide bonds. The molecule has 2 N–H and O–H groups in total. The molecule has 168 valence electrons. The predicted octanol–water partition coefficient (Wildman–Crippen LogP) is 3.53. The Labute approximate surface area is 187 Å². The van der Waals surface area contributed by atoms with E-state index in [0.717, 1.165) is 76.7 Å². The number of aryl methyl sites for hydroxylation is 1. The number of nitrogens with zero attached hydrogens (tertiary/aromatic N) is 1. The van der Waals surface area contributed by atoms with E-state index in [1.54, 1.807) is 6.26 Å². The summed E-state index contributed by atoms with van der Waals surface area (Å²) in [5.74, 6) is 1.50. The maximum atomic E-state index is 12.6. The first kappa shape index (κ1) is 23.4. The Bertz CT molecular complexity index is 658.